The van der Waals surface area contributed by atoms with Crippen LogP contribution in [0.2, 0.25) is 0 Å². The van der Waals surface area contributed by atoms with Gasteiger partial charge in [0.15, 0.2) is 5.88 Å². The van der Waals surface area contributed by atoms with Crippen molar-refractivity contribution in [2.45, 2.75) is 101 Å². The van der Waals surface area contributed by atoms with E-state index in [1.807, 2.05) is 18.2 Å². The topological polar surface area (TPSA) is 127 Å². The van der Waals surface area contributed by atoms with Crippen LogP contribution in [-0.4, -0.2) is 62.9 Å². The van der Waals surface area contributed by atoms with Crippen LogP contribution in [0.5, 0.6) is 5.88 Å². The van der Waals surface area contributed by atoms with Crippen molar-refractivity contribution in [3.8, 4) is 5.88 Å². The molecule has 0 spiro atoms. The van der Waals surface area contributed by atoms with E-state index in [1.54, 1.807) is 24.3 Å². The van der Waals surface area contributed by atoms with Gasteiger partial charge in [-0.2, -0.15) is 0 Å². The van der Waals surface area contributed by atoms with Gasteiger partial charge < -0.3 is 24.8 Å². The van der Waals surface area contributed by atoms with Gasteiger partial charge in [0.25, 0.3) is 5.56 Å². The molecule has 242 valence electrons. The van der Waals surface area contributed by atoms with Crippen molar-refractivity contribution >= 4 is 28.7 Å². The van der Waals surface area contributed by atoms with Crippen LogP contribution in [0.4, 0.5) is 4.79 Å². The third kappa shape index (κ3) is 6.79. The van der Waals surface area contributed by atoms with Gasteiger partial charge in [-0.05, 0) is 75.2 Å². The van der Waals surface area contributed by atoms with Gasteiger partial charge in [0.2, 0.25) is 5.91 Å². The largest absolute Gasteiger partial charge is 0.480 e. The maximum absolute atomic E-state index is 14.3. The highest BCUT2D eigenvalue weighted by atomic mass is 16.6. The number of hydrogen-bond acceptors (Lipinski definition) is 6. The van der Waals surface area contributed by atoms with Gasteiger partial charge in [0.05, 0.1) is 6.54 Å². The van der Waals surface area contributed by atoms with Crippen LogP contribution in [0.15, 0.2) is 60.4 Å². The van der Waals surface area contributed by atoms with Crippen LogP contribution in [0.25, 0.3) is 10.8 Å². The number of nitrogens with one attached hydrogen (secondary N) is 1. The van der Waals surface area contributed by atoms with Gasteiger partial charge in [-0.25, -0.2) is 9.59 Å². The van der Waals surface area contributed by atoms with Gasteiger partial charge in [-0.1, -0.05) is 43.2 Å². The lowest BCUT2D eigenvalue weighted by Crippen LogP contribution is -2.59. The van der Waals surface area contributed by atoms with Crippen LogP contribution in [-0.2, 0) is 20.9 Å². The molecule has 0 bridgehead atoms. The molecule has 2 aromatic rings. The number of amides is 2. The van der Waals surface area contributed by atoms with Crippen LogP contribution in [0, 0.1) is 11.8 Å². The smallest absolute Gasteiger partial charge is 0.408 e. The van der Waals surface area contributed by atoms with E-state index in [9.17, 15) is 24.3 Å². The van der Waals surface area contributed by atoms with Crippen molar-refractivity contribution in [3.63, 3.8) is 0 Å². The molecule has 2 heterocycles. The molecule has 1 aliphatic heterocycles. The Balaban J connectivity index is 1.39. The highest BCUT2D eigenvalue weighted by molar-refractivity contribution is 5.92. The molecule has 2 amide bonds. The average Bonchev–Trinajstić information content (AvgIpc) is 3.77. The zero-order chi connectivity index (χ0) is 32.1. The number of carboxylic acid groups (broad SMARTS) is 1. The van der Waals surface area contributed by atoms with Crippen LogP contribution < -0.4 is 15.6 Å². The third-order valence-corrected chi connectivity index (χ3v) is 9.89. The van der Waals surface area contributed by atoms with Crippen molar-refractivity contribution < 1.29 is 29.0 Å². The number of alkyl carbamates (subject to hydrolysis) is 1. The van der Waals surface area contributed by atoms with E-state index in [0.29, 0.717) is 29.6 Å². The number of aliphatic carboxylic acids is 1. The van der Waals surface area contributed by atoms with Crippen molar-refractivity contribution in [2.75, 3.05) is 6.54 Å². The molecule has 3 aliphatic rings. The predicted octanol–water partition coefficient (Wildman–Crippen LogP) is 5.43. The number of nitrogens with zero attached hydrogens (tertiary/aromatic N) is 2. The zero-order valence-corrected chi connectivity index (χ0v) is 26.1. The first kappa shape index (κ1) is 32.3. The van der Waals surface area contributed by atoms with Crippen LogP contribution in [0.1, 0.15) is 71.1 Å². The number of allylic oxidation sites excluding steroid dienone is 2. The fraction of sp³-hybridized carbons (Fsp3) is 0.543. The fourth-order valence-corrected chi connectivity index (χ4v) is 7.39. The lowest BCUT2D eigenvalue weighted by molar-refractivity contribution is -0.156. The average molecular weight is 620 g/mol. The van der Waals surface area contributed by atoms with E-state index in [4.69, 9.17) is 9.47 Å². The van der Waals surface area contributed by atoms with E-state index < -0.39 is 35.7 Å². The molecule has 10 heteroatoms. The Morgan fingerprint density at radius 3 is 2.58 bits per heavy atom. The number of likely N-dealkylation sites (tertiary alicyclic amines) is 1. The number of benzene rings is 1. The molecular weight excluding hydrogens is 574 g/mol. The maximum Gasteiger partial charge on any atom is 0.408 e. The lowest BCUT2D eigenvalue weighted by Gasteiger charge is -2.35. The summed E-state index contributed by atoms with van der Waals surface area (Å²) < 4.78 is 13.7. The number of rotatable bonds is 12. The first-order chi connectivity index (χ1) is 21.7. The van der Waals surface area contributed by atoms with Crippen molar-refractivity contribution in [2.24, 2.45) is 11.8 Å². The zero-order valence-electron chi connectivity index (χ0n) is 26.1. The minimum Gasteiger partial charge on any atom is -0.480 e. The van der Waals surface area contributed by atoms with Gasteiger partial charge in [-0.3, -0.25) is 14.2 Å². The molecule has 10 nitrogen and oxygen atoms in total. The molecule has 1 aromatic heterocycles. The van der Waals surface area contributed by atoms with Crippen molar-refractivity contribution in [1.29, 1.82) is 0 Å². The number of fused-ring (bicyclic) bond motifs is 1. The molecule has 1 aromatic carbocycles. The fourth-order valence-electron chi connectivity index (χ4n) is 7.39. The standard InChI is InChI=1S/C35H45N3O7/c1-4-6-19-37-29(20-25-15-9-10-17-27(25)31(37)39)44-26-21-35(3,33(41)42)38(22-26)32(40)30(24-13-7-8-14-24)36-34(43)45-28-18-11-16-23(28)12-5-2/h4-5,9-10,15,17,20,23-24,26,28,30H,1-2,6-8,11-14,16,18-19,21-22H2,3H3,(H,36,43)(H,41,42)/t23-,26-,28-,30+,35+/m1/s1. The Labute approximate surface area is 264 Å². The number of carboxylic acids is 1. The Hall–Kier alpha value is -4.08. The molecule has 3 fully saturated rings. The monoisotopic (exact) mass is 619 g/mol. The maximum atomic E-state index is 14.3. The van der Waals surface area contributed by atoms with Crippen LogP contribution in [0.3, 0.4) is 0 Å². The minimum atomic E-state index is -1.58. The summed E-state index contributed by atoms with van der Waals surface area (Å²) in [6.45, 7) is 9.44. The van der Waals surface area contributed by atoms with E-state index >= 15 is 0 Å². The second-order valence-corrected chi connectivity index (χ2v) is 12.9. The van der Waals surface area contributed by atoms with E-state index in [2.05, 4.69) is 18.5 Å². The molecule has 0 radical (unpaired) electrons. The molecule has 2 N–H and O–H groups in total. The van der Waals surface area contributed by atoms with Gasteiger partial charge in [-0.15, -0.1) is 13.2 Å². The molecule has 2 saturated carbocycles. The minimum absolute atomic E-state index is 0.00586. The Bertz CT molecular complexity index is 1500. The SMILES string of the molecule is C=CCCn1c(O[C@H]2CN(C(=O)[C@@H](NC(=O)O[C@@H]3CCC[C@H]3CC=C)C3CCCC3)[C@](C)(C(=O)O)C2)cc2ccccc2c1=O. The first-order valence-electron chi connectivity index (χ1n) is 16.2. The van der Waals surface area contributed by atoms with E-state index in [0.717, 1.165) is 51.4 Å². The van der Waals surface area contributed by atoms with Gasteiger partial charge in [0, 0.05) is 24.4 Å². The van der Waals surface area contributed by atoms with Crippen molar-refractivity contribution in [1.82, 2.24) is 14.8 Å². The predicted molar refractivity (Wildman–Crippen MR) is 171 cm³/mol. The molecule has 2 aliphatic carbocycles. The van der Waals surface area contributed by atoms with Gasteiger partial charge >= 0.3 is 12.1 Å². The number of carbonyl (C=O) groups excluding carboxylic acids is 2. The highest BCUT2D eigenvalue weighted by Crippen LogP contribution is 2.37. The summed E-state index contributed by atoms with van der Waals surface area (Å²) in [5, 5.41) is 14.5. The quantitative estimate of drug-likeness (QED) is 0.303. The van der Waals surface area contributed by atoms with E-state index in [-0.39, 0.29) is 36.5 Å². The lowest BCUT2D eigenvalue weighted by atomic mass is 9.93. The summed E-state index contributed by atoms with van der Waals surface area (Å²) in [6, 6.07) is 8.10. The normalized spacial score (nSPS) is 25.6. The van der Waals surface area contributed by atoms with Crippen molar-refractivity contribution in [3.05, 3.63) is 66.0 Å². The Morgan fingerprint density at radius 1 is 1.11 bits per heavy atom. The molecule has 1 saturated heterocycles. The highest BCUT2D eigenvalue weighted by Gasteiger charge is 2.53. The Morgan fingerprint density at radius 2 is 1.87 bits per heavy atom. The second-order valence-electron chi connectivity index (χ2n) is 12.9. The Kier molecular flexibility index (Phi) is 9.99. The summed E-state index contributed by atoms with van der Waals surface area (Å²) in [4.78, 5) is 54.9. The summed E-state index contributed by atoms with van der Waals surface area (Å²) in [7, 11) is 0. The summed E-state index contributed by atoms with van der Waals surface area (Å²) in [6.07, 6.45) is 9.35. The molecule has 45 heavy (non-hydrogen) atoms. The molecular formula is C35H45N3O7. The summed E-state index contributed by atoms with van der Waals surface area (Å²) in [5.41, 5.74) is -1.79. The molecule has 5 atom stereocenters. The first-order valence-corrected chi connectivity index (χ1v) is 16.2. The number of ether oxygens (including phenoxy) is 2. The second kappa shape index (κ2) is 13.9. The number of hydrogen-bond donors (Lipinski definition) is 2. The van der Waals surface area contributed by atoms with E-state index in [1.165, 1.54) is 16.4 Å². The molecule has 5 rings (SSSR count). The number of pyridine rings is 1. The summed E-state index contributed by atoms with van der Waals surface area (Å²) >= 11 is 0. The van der Waals surface area contributed by atoms with Gasteiger partial charge in [0.1, 0.15) is 23.8 Å². The number of aromatic nitrogens is 1. The third-order valence-electron chi connectivity index (χ3n) is 9.89. The molecule has 0 unspecified atom stereocenters. The van der Waals surface area contributed by atoms with Crippen LogP contribution >= 0.6 is 0 Å². The number of carbonyl (C=O) groups is 3. The summed E-state index contributed by atoms with van der Waals surface area (Å²) in [5.74, 6) is -1.21.